The van der Waals surface area contributed by atoms with Crippen molar-refractivity contribution in [2.45, 2.75) is 151 Å². The van der Waals surface area contributed by atoms with Crippen LogP contribution >= 0.6 is 0 Å². The summed E-state index contributed by atoms with van der Waals surface area (Å²) < 4.78 is 14.3. The number of nitrogens with one attached hydrogen (secondary N) is 2. The van der Waals surface area contributed by atoms with Crippen LogP contribution in [0.15, 0.2) is 46.0 Å². The molecular weight excluding hydrogens is 979 g/mol. The van der Waals surface area contributed by atoms with Crippen molar-refractivity contribution in [3.05, 3.63) is 124 Å². The van der Waals surface area contributed by atoms with Crippen LogP contribution in [0.25, 0.3) is 11.0 Å². The molecule has 0 aromatic carbocycles. The summed E-state index contributed by atoms with van der Waals surface area (Å²) in [5, 5.41) is 39.3. The van der Waals surface area contributed by atoms with E-state index in [9.17, 15) is 34.5 Å². The first-order chi connectivity index (χ1) is 36.2. The number of carbonyl (C=O) groups is 2. The number of pyridine rings is 2. The summed E-state index contributed by atoms with van der Waals surface area (Å²) in [6.07, 6.45) is 4.71. The number of carboxylic acid groups (broad SMARTS) is 1. The van der Waals surface area contributed by atoms with Gasteiger partial charge in [0.15, 0.2) is 5.78 Å². The van der Waals surface area contributed by atoms with Crippen LogP contribution < -0.4 is 26.3 Å². The van der Waals surface area contributed by atoms with Gasteiger partial charge in [0.1, 0.15) is 0 Å². The lowest BCUT2D eigenvalue weighted by Gasteiger charge is -2.37. The number of H-pyrrole nitrogens is 2. The number of aliphatic hydroxyl groups is 2. The van der Waals surface area contributed by atoms with E-state index >= 15 is 0 Å². The van der Waals surface area contributed by atoms with E-state index in [1.165, 1.54) is 0 Å². The lowest BCUT2D eigenvalue weighted by atomic mass is 9.82. The SMILES string of the molecule is COc1ccc2c(C(=O)CCc3c(C)cc(C)[nH]c3=O)c(C)c(C(C)C3CCN(CC(C)(C)O)CC3)n2n1.COc1ccc2c(C(=O)O)c(C)c(C(C)C3CCN(CC(C)(C)O)CC3)n2n1.Cc1cc(C)c(CN)c(=O)[nH]1. The van der Waals surface area contributed by atoms with Gasteiger partial charge in [-0.1, -0.05) is 13.8 Å². The van der Waals surface area contributed by atoms with Crippen molar-refractivity contribution < 1.29 is 34.4 Å². The molecule has 0 spiro atoms. The quantitative estimate of drug-likeness (QED) is 0.0508. The fourth-order valence-corrected chi connectivity index (χ4v) is 11.9. The zero-order valence-corrected chi connectivity index (χ0v) is 48.0. The van der Waals surface area contributed by atoms with Crippen LogP contribution in [0.5, 0.6) is 11.8 Å². The molecule has 77 heavy (non-hydrogen) atoms. The second kappa shape index (κ2) is 25.1. The number of aromatic carboxylic acids is 1. The fourth-order valence-electron chi connectivity index (χ4n) is 11.9. The number of hydrogen-bond donors (Lipinski definition) is 6. The van der Waals surface area contributed by atoms with E-state index in [4.69, 9.17) is 20.3 Å². The Morgan fingerprint density at radius 2 is 1.06 bits per heavy atom. The van der Waals surface area contributed by atoms with E-state index in [0.717, 1.165) is 102 Å². The molecule has 6 aromatic rings. The second-order valence-corrected chi connectivity index (χ2v) is 22.9. The minimum Gasteiger partial charge on any atom is -0.480 e. The van der Waals surface area contributed by atoms with Gasteiger partial charge in [-0.05, 0) is 186 Å². The number of hydrogen-bond acceptors (Lipinski definition) is 13. The van der Waals surface area contributed by atoms with Crippen molar-refractivity contribution in [3.63, 3.8) is 0 Å². The number of Topliss-reactive ketones (excluding diaryl/α,β-unsaturated/α-hetero) is 1. The van der Waals surface area contributed by atoms with Crippen molar-refractivity contribution in [2.24, 2.45) is 17.6 Å². The summed E-state index contributed by atoms with van der Waals surface area (Å²) in [6.45, 7) is 28.6. The van der Waals surface area contributed by atoms with Gasteiger partial charge in [-0.3, -0.25) is 14.4 Å². The van der Waals surface area contributed by atoms with Crippen LogP contribution in [0.1, 0.15) is 162 Å². The van der Waals surface area contributed by atoms with Crippen molar-refractivity contribution in [3.8, 4) is 11.8 Å². The molecule has 420 valence electrons. The number of aromatic nitrogens is 6. The first-order valence-electron chi connectivity index (χ1n) is 27.0. The summed E-state index contributed by atoms with van der Waals surface area (Å²) >= 11 is 0. The van der Waals surface area contributed by atoms with Gasteiger partial charge in [0.25, 0.3) is 11.1 Å². The number of nitrogens with two attached hydrogens (primary N) is 1. The topological polar surface area (TPSA) is 246 Å². The van der Waals surface area contributed by atoms with E-state index in [1.807, 2.05) is 92.0 Å². The minimum atomic E-state index is -0.930. The van der Waals surface area contributed by atoms with E-state index in [1.54, 1.807) is 36.9 Å². The van der Waals surface area contributed by atoms with Gasteiger partial charge in [0.2, 0.25) is 11.8 Å². The molecule has 18 heteroatoms. The zero-order chi connectivity index (χ0) is 56.8. The number of methoxy groups -OCH3 is 2. The molecule has 2 aliphatic rings. The highest BCUT2D eigenvalue weighted by Gasteiger charge is 2.34. The van der Waals surface area contributed by atoms with E-state index < -0.39 is 17.2 Å². The predicted molar refractivity (Wildman–Crippen MR) is 301 cm³/mol. The fraction of sp³-hybridized carbons (Fsp3) is 0.559. The number of likely N-dealkylation sites (tertiary alicyclic amines) is 2. The number of carbonyl (C=O) groups excluding carboxylic acids is 1. The molecule has 7 N–H and O–H groups in total. The van der Waals surface area contributed by atoms with Crippen molar-refractivity contribution in [1.82, 2.24) is 39.0 Å². The number of fused-ring (bicyclic) bond motifs is 2. The van der Waals surface area contributed by atoms with E-state index in [-0.39, 0.29) is 35.2 Å². The maximum atomic E-state index is 13.7. The van der Waals surface area contributed by atoms with Gasteiger partial charge < -0.3 is 50.3 Å². The summed E-state index contributed by atoms with van der Waals surface area (Å²) in [5.41, 5.74) is 14.8. The molecule has 2 saturated heterocycles. The molecule has 6 aromatic heterocycles. The Kier molecular flexibility index (Phi) is 19.6. The van der Waals surface area contributed by atoms with Crippen molar-refractivity contribution in [2.75, 3.05) is 53.5 Å². The van der Waals surface area contributed by atoms with Crippen LogP contribution in [-0.4, -0.2) is 131 Å². The second-order valence-electron chi connectivity index (χ2n) is 22.9. The molecule has 2 aliphatic heterocycles. The Morgan fingerprint density at radius 3 is 1.43 bits per heavy atom. The third-order valence-electron chi connectivity index (χ3n) is 15.6. The third-order valence-corrected chi connectivity index (χ3v) is 15.6. The average Bonchev–Trinajstić information content (AvgIpc) is 3.89. The van der Waals surface area contributed by atoms with Crippen LogP contribution in [-0.2, 0) is 13.0 Å². The maximum absolute atomic E-state index is 13.7. The molecule has 0 radical (unpaired) electrons. The van der Waals surface area contributed by atoms with E-state index in [2.05, 4.69) is 38.7 Å². The molecule has 0 amide bonds. The van der Waals surface area contributed by atoms with Crippen LogP contribution in [0.2, 0.25) is 0 Å². The van der Waals surface area contributed by atoms with Crippen LogP contribution in [0, 0.1) is 53.4 Å². The van der Waals surface area contributed by atoms with Crippen molar-refractivity contribution in [1.29, 1.82) is 0 Å². The Balaban J connectivity index is 0.000000214. The molecule has 8 heterocycles. The highest BCUT2D eigenvalue weighted by atomic mass is 16.5. The molecule has 2 unspecified atom stereocenters. The highest BCUT2D eigenvalue weighted by molar-refractivity contribution is 6.04. The highest BCUT2D eigenvalue weighted by Crippen LogP contribution is 2.39. The van der Waals surface area contributed by atoms with Crippen LogP contribution in [0.4, 0.5) is 0 Å². The van der Waals surface area contributed by atoms with E-state index in [0.29, 0.717) is 77.4 Å². The minimum absolute atomic E-state index is 0.0183. The molecule has 0 saturated carbocycles. The predicted octanol–water partition coefficient (Wildman–Crippen LogP) is 7.74. The van der Waals surface area contributed by atoms with Crippen molar-refractivity contribution >= 4 is 22.8 Å². The lowest BCUT2D eigenvalue weighted by molar-refractivity contribution is 0.0225. The molecule has 18 nitrogen and oxygen atoms in total. The number of piperidine rings is 2. The number of nitrogens with zero attached hydrogens (tertiary/aromatic N) is 6. The monoisotopic (exact) mass is 1060 g/mol. The number of β-amino-alcohol motifs (C(OH)–C–C–N with tert-alkyl or cyclic N) is 2. The number of aromatic amines is 2. The van der Waals surface area contributed by atoms with Gasteiger partial charge >= 0.3 is 5.97 Å². The maximum Gasteiger partial charge on any atom is 0.338 e. The number of ketones is 1. The number of carboxylic acids is 1. The average molecular weight is 1060 g/mol. The van der Waals surface area contributed by atoms with Gasteiger partial charge in [-0.2, -0.15) is 0 Å². The zero-order valence-electron chi connectivity index (χ0n) is 48.0. The Morgan fingerprint density at radius 1 is 0.675 bits per heavy atom. The van der Waals surface area contributed by atoms with Gasteiger partial charge in [-0.25, -0.2) is 13.8 Å². The summed E-state index contributed by atoms with van der Waals surface area (Å²) in [4.78, 5) is 59.4. The number of rotatable bonds is 16. The Labute approximate surface area is 453 Å². The Hall–Kier alpha value is -6.18. The first-order valence-corrected chi connectivity index (χ1v) is 27.0. The summed E-state index contributed by atoms with van der Waals surface area (Å²) in [7, 11) is 3.16. The normalized spacial score (nSPS) is 15.9. The standard InChI is InChI=1S/C30H42N4O4.C21H31N3O4.C8H12N2O/c1-18-16-19(2)31-29(36)23(18)8-10-25(35)27-21(4)28(34-24(27)9-11-26(32-34)38-7)20(3)22-12-14-33(15-13-22)17-30(5,6)37;1-13(15-8-10-23(11-9-15)12-21(3,4)27)19-14(2)18(20(25)26)16-6-7-17(28-5)22-24(16)19;1-5-3-6(2)10-8(11)7(5)4-9/h9,11,16,20,22,37H,8,10,12-15,17H2,1-7H3,(H,31,36);6-7,13,15,27H,8-12H2,1-5H3,(H,25,26);3H,4,9H2,1-2H3,(H,10,11). The first kappa shape index (κ1) is 60.1. The number of ether oxygens (including phenoxy) is 2. The third kappa shape index (κ3) is 14.5. The van der Waals surface area contributed by atoms with Crippen LogP contribution in [0.3, 0.4) is 0 Å². The lowest BCUT2D eigenvalue weighted by Crippen LogP contribution is -2.43. The summed E-state index contributed by atoms with van der Waals surface area (Å²) in [5.74, 6) is 1.29. The summed E-state index contributed by atoms with van der Waals surface area (Å²) in [6, 6.07) is 11.0. The van der Waals surface area contributed by atoms with Gasteiger partial charge in [0.05, 0.1) is 42.0 Å². The molecule has 2 atom stereocenters. The smallest absolute Gasteiger partial charge is 0.338 e. The van der Waals surface area contributed by atoms with Gasteiger partial charge in [0, 0.05) is 89.5 Å². The molecule has 8 rings (SSSR count). The Bertz CT molecular complexity index is 3160. The molecule has 0 aliphatic carbocycles. The van der Waals surface area contributed by atoms with Gasteiger partial charge in [-0.15, -0.1) is 10.2 Å². The molecule has 2 fully saturated rings. The number of aryl methyl sites for hydroxylation is 4. The largest absolute Gasteiger partial charge is 0.480 e. The molecular formula is C59H85N9O9. The molecule has 0 bridgehead atoms.